The van der Waals surface area contributed by atoms with E-state index in [2.05, 4.69) is 5.92 Å². The number of unbranched alkanes of at least 4 members (excludes halogenated alkanes) is 2. The molecule has 0 aromatic carbocycles. The number of hydrogen-bond acceptors (Lipinski definition) is 17. The first-order valence-corrected chi connectivity index (χ1v) is 22.8. The molecule has 298 valence electrons. The normalized spacial score (nSPS) is 23.7. The van der Waals surface area contributed by atoms with Gasteiger partial charge in [-0.25, -0.2) is 22.8 Å². The SMILES string of the molecule is [B]C1COC(COP(=O)(O)OCCCOP(=O)(O)OCCCOP(=O)(O)OCCCOP(=O)(O)OCCCOP(=O)(O)OCCCCC#C)C1O. The lowest BCUT2D eigenvalue weighted by molar-refractivity contribution is 0.000274. The number of phosphoric acid groups is 5. The molecule has 0 aromatic rings. The molecule has 6 N–H and O–H groups in total. The van der Waals surface area contributed by atoms with Gasteiger partial charge in [-0.2, -0.15) is 0 Å². The van der Waals surface area contributed by atoms with Gasteiger partial charge >= 0.3 is 39.1 Å². The van der Waals surface area contributed by atoms with Crippen molar-refractivity contribution in [3.63, 3.8) is 0 Å². The summed E-state index contributed by atoms with van der Waals surface area (Å²) < 4.78 is 112. The Balaban J connectivity index is 2.08. The molecule has 0 saturated carbocycles. The van der Waals surface area contributed by atoms with Crippen molar-refractivity contribution in [2.75, 3.05) is 72.7 Å². The number of phosphoric ester groups is 5. The summed E-state index contributed by atoms with van der Waals surface area (Å²) in [7, 11) is -16.9. The number of rotatable bonds is 32. The van der Waals surface area contributed by atoms with E-state index in [9.17, 15) is 52.4 Å². The third kappa shape index (κ3) is 25.7. The lowest BCUT2D eigenvalue weighted by Gasteiger charge is -2.18. The lowest BCUT2D eigenvalue weighted by Crippen LogP contribution is -2.28. The van der Waals surface area contributed by atoms with Crippen molar-refractivity contribution >= 4 is 47.0 Å². The van der Waals surface area contributed by atoms with Gasteiger partial charge in [-0.05, 0) is 44.3 Å². The molecular weight excluding hydrogens is 794 g/mol. The molecule has 8 unspecified atom stereocenters. The summed E-state index contributed by atoms with van der Waals surface area (Å²) in [5.74, 6) is 1.77. The second kappa shape index (κ2) is 25.3. The summed E-state index contributed by atoms with van der Waals surface area (Å²) in [5.41, 5.74) is 0. The van der Waals surface area contributed by atoms with Crippen LogP contribution in [0.3, 0.4) is 0 Å². The van der Waals surface area contributed by atoms with Gasteiger partial charge < -0.3 is 34.3 Å². The Labute approximate surface area is 297 Å². The maximum absolute atomic E-state index is 11.9. The van der Waals surface area contributed by atoms with E-state index in [0.29, 0.717) is 19.3 Å². The third-order valence-corrected chi connectivity index (χ3v) is 10.9. The van der Waals surface area contributed by atoms with Crippen LogP contribution in [0.4, 0.5) is 0 Å². The van der Waals surface area contributed by atoms with Crippen molar-refractivity contribution in [2.24, 2.45) is 0 Å². The second-order valence-electron chi connectivity index (χ2n) is 10.2. The van der Waals surface area contributed by atoms with Gasteiger partial charge in [-0.15, -0.1) is 12.3 Å². The highest BCUT2D eigenvalue weighted by atomic mass is 31.2. The summed E-state index contributed by atoms with van der Waals surface area (Å²) in [4.78, 5) is 48.3. The quantitative estimate of drug-likeness (QED) is 0.0245. The molecule has 0 aromatic heterocycles. The topological polar surface area (TPSA) is 308 Å². The number of hydrogen-bond donors (Lipinski definition) is 6. The fourth-order valence-corrected chi connectivity index (χ4v) is 7.34. The fourth-order valence-electron chi connectivity index (χ4n) is 3.39. The molecule has 1 aliphatic heterocycles. The number of ether oxygens (including phenoxy) is 1. The zero-order valence-corrected chi connectivity index (χ0v) is 32.0. The van der Waals surface area contributed by atoms with Gasteiger partial charge in [0.1, 0.15) is 6.10 Å². The van der Waals surface area contributed by atoms with Gasteiger partial charge in [0.05, 0.1) is 80.0 Å². The highest BCUT2D eigenvalue weighted by Crippen LogP contribution is 2.47. The first-order valence-electron chi connectivity index (χ1n) is 15.4. The van der Waals surface area contributed by atoms with Crippen molar-refractivity contribution in [2.45, 2.75) is 63.0 Å². The Morgan fingerprint density at radius 1 is 0.549 bits per heavy atom. The maximum Gasteiger partial charge on any atom is 0.472 e. The smallest absolute Gasteiger partial charge is 0.391 e. The van der Waals surface area contributed by atoms with Crippen LogP contribution < -0.4 is 0 Å². The first-order chi connectivity index (χ1) is 23.8. The van der Waals surface area contributed by atoms with Crippen LogP contribution in [0.25, 0.3) is 0 Å². The molecule has 0 amide bonds. The standard InChI is InChI=1S/C23H46BO22P5/c1-2-3-4-5-10-37-47(26,27)38-11-6-12-39-48(28,29)40-13-7-14-41-49(30,31)42-15-8-16-43-50(32,33)44-17-9-18-45-51(34,35)46-20-22-23(25)21(24)19-36-22/h1,21-23,25H,3-20H2,(H,26,27)(H,28,29)(H,30,31)(H,32,33)(H,34,35). The Hall–Kier alpha value is 0.0949. The van der Waals surface area contributed by atoms with Crippen LogP contribution in [0.5, 0.6) is 0 Å². The van der Waals surface area contributed by atoms with Gasteiger partial charge in [0.15, 0.2) is 0 Å². The zero-order valence-electron chi connectivity index (χ0n) is 27.6. The summed E-state index contributed by atoms with van der Waals surface area (Å²) in [5, 5.41) is 9.74. The zero-order chi connectivity index (χ0) is 38.4. The monoisotopic (exact) mass is 840 g/mol. The Morgan fingerprint density at radius 2 is 0.843 bits per heavy atom. The van der Waals surface area contributed by atoms with Crippen LogP contribution in [-0.4, -0.2) is 122 Å². The van der Waals surface area contributed by atoms with Crippen molar-refractivity contribution in [1.29, 1.82) is 0 Å². The molecule has 51 heavy (non-hydrogen) atoms. The summed E-state index contributed by atoms with van der Waals surface area (Å²) in [6.07, 6.45) is 4.27. The average molecular weight is 840 g/mol. The molecule has 0 bridgehead atoms. The van der Waals surface area contributed by atoms with Crippen molar-refractivity contribution in [1.82, 2.24) is 0 Å². The van der Waals surface area contributed by atoms with Gasteiger partial charge in [-0.3, -0.25) is 45.2 Å². The van der Waals surface area contributed by atoms with Crippen molar-refractivity contribution in [3.05, 3.63) is 0 Å². The Kier molecular flexibility index (Phi) is 24.4. The number of terminal acetylenes is 1. The number of aliphatic hydroxyl groups is 1. The molecule has 0 spiro atoms. The van der Waals surface area contributed by atoms with Crippen molar-refractivity contribution < 1.29 is 102 Å². The molecule has 2 radical (unpaired) electrons. The molecule has 22 nitrogen and oxygen atoms in total. The van der Waals surface area contributed by atoms with E-state index in [1.165, 1.54) is 0 Å². The van der Waals surface area contributed by atoms with Crippen molar-refractivity contribution in [3.8, 4) is 12.3 Å². The minimum absolute atomic E-state index is 0.0327. The molecular formula is C23H46BO22P5. The first kappa shape index (κ1) is 49.1. The van der Waals surface area contributed by atoms with Crippen LogP contribution in [-0.2, 0) is 72.8 Å². The molecule has 1 aliphatic rings. The highest BCUT2D eigenvalue weighted by molar-refractivity contribution is 7.48. The van der Waals surface area contributed by atoms with E-state index < -0.39 is 103 Å². The molecule has 1 rings (SSSR count). The second-order valence-corrected chi connectivity index (χ2v) is 17.5. The Morgan fingerprint density at radius 3 is 1.12 bits per heavy atom. The van der Waals surface area contributed by atoms with E-state index in [4.69, 9.17) is 64.2 Å². The number of aliphatic hydroxyl groups excluding tert-OH is 1. The minimum atomic E-state index is -4.57. The van der Waals surface area contributed by atoms with Crippen LogP contribution in [0.15, 0.2) is 0 Å². The lowest BCUT2D eigenvalue weighted by atomic mass is 9.83. The van der Waals surface area contributed by atoms with E-state index in [0.717, 1.165) is 0 Å². The van der Waals surface area contributed by atoms with Crippen LogP contribution in [0.1, 0.15) is 44.9 Å². The summed E-state index contributed by atoms with van der Waals surface area (Å²) in [6.45, 7) is -3.65. The molecule has 8 atom stereocenters. The van der Waals surface area contributed by atoms with Crippen LogP contribution in [0, 0.1) is 12.3 Å². The minimum Gasteiger partial charge on any atom is -0.391 e. The third-order valence-electron chi connectivity index (χ3n) is 5.88. The molecule has 1 heterocycles. The van der Waals surface area contributed by atoms with Gasteiger partial charge in [0, 0.05) is 13.0 Å². The summed E-state index contributed by atoms with van der Waals surface area (Å²) >= 11 is 0. The van der Waals surface area contributed by atoms with Gasteiger partial charge in [-0.1, -0.05) is 0 Å². The van der Waals surface area contributed by atoms with Gasteiger partial charge in [0.25, 0.3) is 0 Å². The largest absolute Gasteiger partial charge is 0.472 e. The molecule has 1 fully saturated rings. The predicted octanol–water partition coefficient (Wildman–Crippen LogP) is 2.74. The highest BCUT2D eigenvalue weighted by Gasteiger charge is 2.35. The summed E-state index contributed by atoms with van der Waals surface area (Å²) in [6, 6.07) is 0. The van der Waals surface area contributed by atoms with Crippen LogP contribution >= 0.6 is 39.1 Å². The molecule has 1 saturated heterocycles. The van der Waals surface area contributed by atoms with E-state index >= 15 is 0 Å². The van der Waals surface area contributed by atoms with E-state index in [1.54, 1.807) is 0 Å². The predicted molar refractivity (Wildman–Crippen MR) is 175 cm³/mol. The van der Waals surface area contributed by atoms with Crippen LogP contribution in [0.2, 0.25) is 5.82 Å². The van der Waals surface area contributed by atoms with E-state index in [1.807, 2.05) is 0 Å². The fraction of sp³-hybridized carbons (Fsp3) is 0.913. The average Bonchev–Trinajstić information content (AvgIpc) is 3.35. The van der Waals surface area contributed by atoms with Gasteiger partial charge in [0.2, 0.25) is 0 Å². The maximum atomic E-state index is 11.9. The van der Waals surface area contributed by atoms with E-state index in [-0.39, 0.29) is 52.1 Å². The Bertz CT molecular complexity index is 1270. The molecule has 28 heteroatoms. The molecule has 0 aliphatic carbocycles.